The first-order chi connectivity index (χ1) is 5.18. The molecule has 1 aromatic rings. The minimum absolute atomic E-state index is 0.561. The predicted molar refractivity (Wildman–Crippen MR) is 46.1 cm³/mol. The lowest BCUT2D eigenvalue weighted by Crippen LogP contribution is -2.00. The van der Waals surface area contributed by atoms with Crippen molar-refractivity contribution in [3.63, 3.8) is 0 Å². The molecule has 1 amide bonds. The fourth-order valence-electron chi connectivity index (χ4n) is 0.750. The average Bonchev–Trinajstić information content (AvgIpc) is 1.93. The summed E-state index contributed by atoms with van der Waals surface area (Å²) in [6.07, 6.45) is 0. The van der Waals surface area contributed by atoms with Crippen LogP contribution in [0.5, 0.6) is 0 Å². The number of hydrogen-bond donors (Lipinski definition) is 1. The van der Waals surface area contributed by atoms with Gasteiger partial charge in [0.15, 0.2) is 0 Å². The van der Waals surface area contributed by atoms with E-state index >= 15 is 0 Å². The van der Waals surface area contributed by atoms with Gasteiger partial charge in [-0.15, -0.1) is 0 Å². The molecule has 0 aliphatic heterocycles. The highest BCUT2D eigenvalue weighted by molar-refractivity contribution is 6.65. The number of carbonyl (C=O) groups is 1. The Morgan fingerprint density at radius 2 is 1.91 bits per heavy atom. The molecule has 0 unspecified atom stereocenters. The Morgan fingerprint density at radius 1 is 1.36 bits per heavy atom. The van der Waals surface area contributed by atoms with E-state index in [0.717, 1.165) is 11.3 Å². The van der Waals surface area contributed by atoms with Crippen LogP contribution in [0.25, 0.3) is 0 Å². The van der Waals surface area contributed by atoms with Crippen molar-refractivity contribution in [2.24, 2.45) is 0 Å². The summed E-state index contributed by atoms with van der Waals surface area (Å²) in [7, 11) is 0. The zero-order chi connectivity index (χ0) is 8.27. The zero-order valence-corrected chi connectivity index (χ0v) is 6.85. The van der Waals surface area contributed by atoms with Gasteiger partial charge in [-0.1, -0.05) is 17.7 Å². The number of halogens is 1. The van der Waals surface area contributed by atoms with Crippen molar-refractivity contribution in [1.82, 2.24) is 0 Å². The molecule has 0 heterocycles. The molecule has 0 fully saturated rings. The third kappa shape index (κ3) is 2.60. The van der Waals surface area contributed by atoms with E-state index in [1.807, 2.05) is 19.1 Å². The van der Waals surface area contributed by atoms with Crippen LogP contribution in [0.2, 0.25) is 0 Å². The Labute approximate surface area is 70.2 Å². The van der Waals surface area contributed by atoms with Crippen LogP contribution < -0.4 is 5.32 Å². The van der Waals surface area contributed by atoms with Crippen molar-refractivity contribution >= 4 is 22.7 Å². The van der Waals surface area contributed by atoms with E-state index < -0.39 is 5.37 Å². The normalized spacial score (nSPS) is 9.27. The average molecular weight is 170 g/mol. The summed E-state index contributed by atoms with van der Waals surface area (Å²) in [5, 5.41) is 1.90. The Balaban J connectivity index is 2.74. The molecule has 0 saturated heterocycles. The maximum atomic E-state index is 10.4. The minimum Gasteiger partial charge on any atom is -0.312 e. The van der Waals surface area contributed by atoms with Crippen LogP contribution in [-0.4, -0.2) is 5.37 Å². The van der Waals surface area contributed by atoms with E-state index in [9.17, 15) is 4.79 Å². The zero-order valence-electron chi connectivity index (χ0n) is 6.10. The number of nitrogens with one attached hydrogen (secondary N) is 1. The summed E-state index contributed by atoms with van der Waals surface area (Å²) in [4.78, 5) is 10.4. The quantitative estimate of drug-likeness (QED) is 0.508. The number of aryl methyl sites for hydroxylation is 1. The molecule has 0 radical (unpaired) electrons. The van der Waals surface area contributed by atoms with Crippen LogP contribution in [-0.2, 0) is 0 Å². The van der Waals surface area contributed by atoms with Gasteiger partial charge in [-0.25, -0.2) is 0 Å². The van der Waals surface area contributed by atoms with Crippen molar-refractivity contribution in [2.75, 3.05) is 5.32 Å². The first-order valence-corrected chi connectivity index (χ1v) is 3.59. The van der Waals surface area contributed by atoms with Gasteiger partial charge in [0.1, 0.15) is 0 Å². The molecule has 0 bridgehead atoms. The van der Waals surface area contributed by atoms with E-state index in [0.29, 0.717) is 0 Å². The van der Waals surface area contributed by atoms with Gasteiger partial charge in [-0.05, 0) is 30.7 Å². The molecule has 0 atom stereocenters. The van der Waals surface area contributed by atoms with Gasteiger partial charge in [0.2, 0.25) is 0 Å². The second-order valence-electron chi connectivity index (χ2n) is 2.26. The van der Waals surface area contributed by atoms with Crippen LogP contribution in [0, 0.1) is 6.92 Å². The fourth-order valence-corrected chi connectivity index (χ4v) is 0.859. The molecular formula is C8H8ClNO. The highest BCUT2D eigenvalue weighted by atomic mass is 35.5. The second kappa shape index (κ2) is 3.39. The summed E-state index contributed by atoms with van der Waals surface area (Å²) in [6.45, 7) is 1.98. The molecule has 1 N–H and O–H groups in total. The molecule has 0 aliphatic rings. The van der Waals surface area contributed by atoms with Gasteiger partial charge < -0.3 is 5.32 Å². The lowest BCUT2D eigenvalue weighted by Gasteiger charge is -1.99. The molecule has 11 heavy (non-hydrogen) atoms. The minimum atomic E-state index is -0.561. The summed E-state index contributed by atoms with van der Waals surface area (Å²) in [5.74, 6) is 0. The molecular weight excluding hydrogens is 162 g/mol. The topological polar surface area (TPSA) is 29.1 Å². The number of rotatable bonds is 1. The predicted octanol–water partition coefficient (Wildman–Crippen LogP) is 2.77. The number of anilines is 1. The van der Waals surface area contributed by atoms with E-state index in [1.54, 1.807) is 12.1 Å². The molecule has 3 heteroatoms. The van der Waals surface area contributed by atoms with Crippen LogP contribution in [0.3, 0.4) is 0 Å². The maximum absolute atomic E-state index is 10.4. The molecule has 0 aliphatic carbocycles. The van der Waals surface area contributed by atoms with E-state index in [-0.39, 0.29) is 0 Å². The lowest BCUT2D eigenvalue weighted by molar-refractivity contribution is 0.269. The third-order valence-electron chi connectivity index (χ3n) is 1.29. The third-order valence-corrected chi connectivity index (χ3v) is 1.39. The van der Waals surface area contributed by atoms with Crippen LogP contribution >= 0.6 is 11.6 Å². The lowest BCUT2D eigenvalue weighted by atomic mass is 10.2. The van der Waals surface area contributed by atoms with E-state index in [1.165, 1.54) is 0 Å². The molecule has 0 aromatic heterocycles. The maximum Gasteiger partial charge on any atom is 0.318 e. The number of carbonyl (C=O) groups excluding carboxylic acids is 1. The van der Waals surface area contributed by atoms with Gasteiger partial charge >= 0.3 is 5.37 Å². The highest BCUT2D eigenvalue weighted by Crippen LogP contribution is 2.08. The van der Waals surface area contributed by atoms with Crippen molar-refractivity contribution in [3.05, 3.63) is 29.8 Å². The smallest absolute Gasteiger partial charge is 0.312 e. The van der Waals surface area contributed by atoms with E-state index in [4.69, 9.17) is 11.6 Å². The van der Waals surface area contributed by atoms with Gasteiger partial charge in [0, 0.05) is 5.69 Å². The largest absolute Gasteiger partial charge is 0.318 e. The van der Waals surface area contributed by atoms with Gasteiger partial charge in [-0.3, -0.25) is 4.79 Å². The van der Waals surface area contributed by atoms with Crippen molar-refractivity contribution in [2.45, 2.75) is 6.92 Å². The molecule has 0 spiro atoms. The highest BCUT2D eigenvalue weighted by Gasteiger charge is 1.94. The number of hydrogen-bond acceptors (Lipinski definition) is 1. The molecule has 0 saturated carbocycles. The SMILES string of the molecule is Cc1ccc(NC(=O)Cl)cc1. The molecule has 2 nitrogen and oxygen atoms in total. The Hall–Kier alpha value is -1.02. The molecule has 1 aromatic carbocycles. The van der Waals surface area contributed by atoms with Crippen LogP contribution in [0.15, 0.2) is 24.3 Å². The Morgan fingerprint density at radius 3 is 2.36 bits per heavy atom. The summed E-state index contributed by atoms with van der Waals surface area (Å²) >= 11 is 5.10. The Bertz CT molecular complexity index is 255. The summed E-state index contributed by atoms with van der Waals surface area (Å²) < 4.78 is 0. The van der Waals surface area contributed by atoms with Crippen LogP contribution in [0.1, 0.15) is 5.56 Å². The van der Waals surface area contributed by atoms with E-state index in [2.05, 4.69) is 5.32 Å². The fraction of sp³-hybridized carbons (Fsp3) is 0.125. The van der Waals surface area contributed by atoms with Crippen molar-refractivity contribution < 1.29 is 4.79 Å². The monoisotopic (exact) mass is 169 g/mol. The molecule has 1 rings (SSSR count). The standard InChI is InChI=1S/C8H8ClNO/c1-6-2-4-7(5-3-6)10-8(9)11/h2-5H,1H3,(H,10,11). The first-order valence-electron chi connectivity index (χ1n) is 3.21. The van der Waals surface area contributed by atoms with Gasteiger partial charge in [0.05, 0.1) is 0 Å². The second-order valence-corrected chi connectivity index (χ2v) is 2.61. The first kappa shape index (κ1) is 8.08. The molecule has 58 valence electrons. The van der Waals surface area contributed by atoms with Crippen molar-refractivity contribution in [1.29, 1.82) is 0 Å². The van der Waals surface area contributed by atoms with Gasteiger partial charge in [0.25, 0.3) is 0 Å². The summed E-state index contributed by atoms with van der Waals surface area (Å²) in [6, 6.07) is 7.41. The van der Waals surface area contributed by atoms with Crippen LogP contribution in [0.4, 0.5) is 10.5 Å². The number of amides is 1. The number of benzene rings is 1. The summed E-state index contributed by atoms with van der Waals surface area (Å²) in [5.41, 5.74) is 1.87. The Kier molecular flexibility index (Phi) is 2.49. The van der Waals surface area contributed by atoms with Gasteiger partial charge in [-0.2, -0.15) is 0 Å². The van der Waals surface area contributed by atoms with Crippen molar-refractivity contribution in [3.8, 4) is 0 Å².